The molecule has 3 aromatic rings. The van der Waals surface area contributed by atoms with E-state index in [9.17, 15) is 9.59 Å². The van der Waals surface area contributed by atoms with E-state index in [0.717, 1.165) is 5.56 Å². The molecule has 5 heteroatoms. The number of allylic oxidation sites excluding steroid dienone is 1. The molecule has 5 nitrogen and oxygen atoms in total. The van der Waals surface area contributed by atoms with Gasteiger partial charge in [0, 0.05) is 18.3 Å². The lowest BCUT2D eigenvalue weighted by Gasteiger charge is -2.18. The fourth-order valence-electron chi connectivity index (χ4n) is 3.40. The van der Waals surface area contributed by atoms with Crippen LogP contribution in [-0.2, 0) is 5.41 Å². The number of pyridine rings is 1. The molecule has 156 valence electrons. The number of ketones is 1. The van der Waals surface area contributed by atoms with Crippen LogP contribution in [0.25, 0.3) is 6.08 Å². The molecular weight excluding hydrogens is 390 g/mol. The lowest BCUT2D eigenvalue weighted by molar-refractivity contribution is 0.0734. The van der Waals surface area contributed by atoms with Crippen LogP contribution >= 0.6 is 0 Å². The van der Waals surface area contributed by atoms with Crippen molar-refractivity contribution in [1.82, 2.24) is 4.98 Å². The van der Waals surface area contributed by atoms with Gasteiger partial charge in [-0.15, -0.1) is 0 Å². The smallest absolute Gasteiger partial charge is 0.343 e. The van der Waals surface area contributed by atoms with Crippen LogP contribution in [0.1, 0.15) is 58.3 Å². The molecule has 0 amide bonds. The summed E-state index contributed by atoms with van der Waals surface area (Å²) in [6.07, 6.45) is 3.25. The Morgan fingerprint density at radius 1 is 1.06 bits per heavy atom. The van der Waals surface area contributed by atoms with Crippen molar-refractivity contribution < 1.29 is 19.1 Å². The molecule has 1 aliphatic heterocycles. The van der Waals surface area contributed by atoms with Crippen molar-refractivity contribution in [2.45, 2.75) is 33.1 Å². The SMILES string of the molecule is Cc1cc(OC(=O)c2ccc(C(C)(C)C)cc2)cc2c1C(=O)/C(=C/c1ccccn1)O2. The van der Waals surface area contributed by atoms with Crippen LogP contribution in [0.2, 0.25) is 0 Å². The Kier molecular flexibility index (Phi) is 5.19. The van der Waals surface area contributed by atoms with E-state index in [1.807, 2.05) is 18.2 Å². The van der Waals surface area contributed by atoms with Crippen molar-refractivity contribution >= 4 is 17.8 Å². The molecule has 1 aliphatic rings. The number of benzene rings is 2. The van der Waals surface area contributed by atoms with Gasteiger partial charge in [0.2, 0.25) is 5.78 Å². The fourth-order valence-corrected chi connectivity index (χ4v) is 3.40. The lowest BCUT2D eigenvalue weighted by atomic mass is 9.87. The van der Waals surface area contributed by atoms with Crippen molar-refractivity contribution in [3.63, 3.8) is 0 Å². The number of Topliss-reactive ketones (excluding diaryl/α,β-unsaturated/α-hetero) is 1. The zero-order valence-corrected chi connectivity index (χ0v) is 17.9. The minimum atomic E-state index is -0.464. The number of carbonyl (C=O) groups excluding carboxylic acids is 2. The van der Waals surface area contributed by atoms with Crippen LogP contribution in [0.3, 0.4) is 0 Å². The molecule has 4 rings (SSSR count). The molecule has 0 radical (unpaired) electrons. The Bertz CT molecular complexity index is 1190. The molecule has 0 saturated heterocycles. The van der Waals surface area contributed by atoms with Gasteiger partial charge in [-0.1, -0.05) is 39.0 Å². The third-order valence-corrected chi connectivity index (χ3v) is 5.11. The number of aromatic nitrogens is 1. The molecule has 2 heterocycles. The summed E-state index contributed by atoms with van der Waals surface area (Å²) in [6, 6.07) is 16.1. The number of ether oxygens (including phenoxy) is 2. The Labute approximate surface area is 181 Å². The predicted octanol–water partition coefficient (Wildman–Crippen LogP) is 5.52. The first-order chi connectivity index (χ1) is 14.7. The Hall–Kier alpha value is -3.73. The summed E-state index contributed by atoms with van der Waals surface area (Å²) < 4.78 is 11.3. The van der Waals surface area contributed by atoms with E-state index in [-0.39, 0.29) is 17.0 Å². The van der Waals surface area contributed by atoms with E-state index in [1.54, 1.807) is 55.6 Å². The Morgan fingerprint density at radius 2 is 1.81 bits per heavy atom. The average Bonchev–Trinajstić information content (AvgIpc) is 3.03. The minimum Gasteiger partial charge on any atom is -0.452 e. The highest BCUT2D eigenvalue weighted by atomic mass is 16.5. The number of hydrogen-bond donors (Lipinski definition) is 0. The maximum Gasteiger partial charge on any atom is 0.343 e. The number of esters is 1. The van der Waals surface area contributed by atoms with E-state index < -0.39 is 5.97 Å². The highest BCUT2D eigenvalue weighted by molar-refractivity contribution is 6.15. The highest BCUT2D eigenvalue weighted by Crippen LogP contribution is 2.37. The van der Waals surface area contributed by atoms with E-state index >= 15 is 0 Å². The van der Waals surface area contributed by atoms with Gasteiger partial charge in [-0.05, 0) is 53.8 Å². The standard InChI is InChI=1S/C26H23NO4/c1-16-13-20(30-25(29)17-8-10-18(11-9-17)26(2,3)4)15-21-23(16)24(28)22(31-21)14-19-7-5-6-12-27-19/h5-15H,1-4H3/b22-14-. The molecule has 31 heavy (non-hydrogen) atoms. The van der Waals surface area contributed by atoms with Crippen molar-refractivity contribution in [2.75, 3.05) is 0 Å². The van der Waals surface area contributed by atoms with Crippen LogP contribution in [0.5, 0.6) is 11.5 Å². The van der Waals surface area contributed by atoms with E-state index in [1.165, 1.54) is 0 Å². The zero-order chi connectivity index (χ0) is 22.2. The van der Waals surface area contributed by atoms with Gasteiger partial charge in [-0.3, -0.25) is 9.78 Å². The van der Waals surface area contributed by atoms with Gasteiger partial charge in [0.15, 0.2) is 5.76 Å². The van der Waals surface area contributed by atoms with Gasteiger partial charge in [-0.25, -0.2) is 4.79 Å². The molecule has 2 aromatic carbocycles. The van der Waals surface area contributed by atoms with Gasteiger partial charge in [0.25, 0.3) is 0 Å². The van der Waals surface area contributed by atoms with Gasteiger partial charge in [-0.2, -0.15) is 0 Å². The highest BCUT2D eigenvalue weighted by Gasteiger charge is 2.30. The number of carbonyl (C=O) groups is 2. The average molecular weight is 413 g/mol. The summed E-state index contributed by atoms with van der Waals surface area (Å²) in [5.74, 6) is 0.214. The first-order valence-electron chi connectivity index (χ1n) is 10.0. The minimum absolute atomic E-state index is 0.00387. The summed E-state index contributed by atoms with van der Waals surface area (Å²) in [5, 5.41) is 0. The summed E-state index contributed by atoms with van der Waals surface area (Å²) >= 11 is 0. The van der Waals surface area contributed by atoms with E-state index in [0.29, 0.717) is 33.9 Å². The first kappa shape index (κ1) is 20.5. The molecule has 0 unspecified atom stereocenters. The Balaban J connectivity index is 1.56. The van der Waals surface area contributed by atoms with Crippen molar-refractivity contribution in [3.05, 3.63) is 94.5 Å². The number of nitrogens with zero attached hydrogens (tertiary/aromatic N) is 1. The molecule has 0 aliphatic carbocycles. The first-order valence-corrected chi connectivity index (χ1v) is 10.0. The maximum atomic E-state index is 12.8. The monoisotopic (exact) mass is 413 g/mol. The van der Waals surface area contributed by atoms with Crippen molar-refractivity contribution in [1.29, 1.82) is 0 Å². The summed E-state index contributed by atoms with van der Waals surface area (Å²) in [5.41, 5.74) is 3.37. The van der Waals surface area contributed by atoms with Gasteiger partial charge >= 0.3 is 5.97 Å². The van der Waals surface area contributed by atoms with Crippen LogP contribution in [-0.4, -0.2) is 16.7 Å². The van der Waals surface area contributed by atoms with Crippen molar-refractivity contribution in [3.8, 4) is 11.5 Å². The van der Waals surface area contributed by atoms with Gasteiger partial charge in [0.05, 0.1) is 16.8 Å². The topological polar surface area (TPSA) is 65.5 Å². The molecule has 0 spiro atoms. The molecule has 0 saturated carbocycles. The van der Waals surface area contributed by atoms with Crippen LogP contribution < -0.4 is 9.47 Å². The second kappa shape index (κ2) is 7.84. The molecule has 0 atom stereocenters. The molecule has 0 N–H and O–H groups in total. The summed E-state index contributed by atoms with van der Waals surface area (Å²) in [6.45, 7) is 8.14. The van der Waals surface area contributed by atoms with Crippen LogP contribution in [0.15, 0.2) is 66.6 Å². The predicted molar refractivity (Wildman–Crippen MR) is 118 cm³/mol. The number of fused-ring (bicyclic) bond motifs is 1. The zero-order valence-electron chi connectivity index (χ0n) is 17.9. The third-order valence-electron chi connectivity index (χ3n) is 5.11. The van der Waals surface area contributed by atoms with E-state index in [2.05, 4.69) is 25.8 Å². The lowest BCUT2D eigenvalue weighted by Crippen LogP contribution is -2.13. The number of rotatable bonds is 3. The normalized spacial score (nSPS) is 14.3. The quantitative estimate of drug-likeness (QED) is 0.321. The second-order valence-electron chi connectivity index (χ2n) is 8.52. The van der Waals surface area contributed by atoms with Gasteiger partial charge in [0.1, 0.15) is 11.5 Å². The fraction of sp³-hybridized carbons (Fsp3) is 0.192. The maximum absolute atomic E-state index is 12.8. The molecular formula is C26H23NO4. The van der Waals surface area contributed by atoms with Crippen LogP contribution in [0.4, 0.5) is 0 Å². The molecule has 0 bridgehead atoms. The molecule has 1 aromatic heterocycles. The third kappa shape index (κ3) is 4.26. The number of hydrogen-bond acceptors (Lipinski definition) is 5. The Morgan fingerprint density at radius 3 is 2.45 bits per heavy atom. The second-order valence-corrected chi connectivity index (χ2v) is 8.52. The van der Waals surface area contributed by atoms with Crippen LogP contribution in [0, 0.1) is 6.92 Å². The largest absolute Gasteiger partial charge is 0.452 e. The van der Waals surface area contributed by atoms with Crippen molar-refractivity contribution in [2.24, 2.45) is 0 Å². The summed E-state index contributed by atoms with van der Waals surface area (Å²) in [7, 11) is 0. The van der Waals surface area contributed by atoms with Gasteiger partial charge < -0.3 is 9.47 Å². The molecule has 0 fully saturated rings. The number of aryl methyl sites for hydroxylation is 1. The summed E-state index contributed by atoms with van der Waals surface area (Å²) in [4.78, 5) is 29.6. The van der Waals surface area contributed by atoms with E-state index in [4.69, 9.17) is 9.47 Å².